The molecular formula is C14H16N2O3. The van der Waals surface area contributed by atoms with Crippen molar-refractivity contribution in [1.82, 2.24) is 10.1 Å². The van der Waals surface area contributed by atoms with Crippen LogP contribution in [0.3, 0.4) is 0 Å². The molecule has 1 N–H and O–H groups in total. The first kappa shape index (κ1) is 13.3. The van der Waals surface area contributed by atoms with Gasteiger partial charge in [0.25, 0.3) is 0 Å². The number of carboxylic acid groups (broad SMARTS) is 1. The average molecular weight is 260 g/mol. The van der Waals surface area contributed by atoms with E-state index in [1.54, 1.807) is 0 Å². The maximum atomic E-state index is 10.4. The van der Waals surface area contributed by atoms with Gasteiger partial charge in [0.2, 0.25) is 5.89 Å². The fraction of sp³-hybridized carbons (Fsp3) is 0.357. The molecule has 0 saturated heterocycles. The highest BCUT2D eigenvalue weighted by Crippen LogP contribution is 2.09. The largest absolute Gasteiger partial charge is 0.481 e. The molecule has 1 aromatic heterocycles. The van der Waals surface area contributed by atoms with Gasteiger partial charge < -0.3 is 9.63 Å². The van der Waals surface area contributed by atoms with Crippen LogP contribution in [0.5, 0.6) is 0 Å². The summed E-state index contributed by atoms with van der Waals surface area (Å²) in [5, 5.41) is 12.5. The minimum atomic E-state index is -0.768. The summed E-state index contributed by atoms with van der Waals surface area (Å²) >= 11 is 0. The van der Waals surface area contributed by atoms with E-state index in [1.807, 2.05) is 30.3 Å². The van der Waals surface area contributed by atoms with Crippen LogP contribution in [-0.4, -0.2) is 21.2 Å². The second-order valence-corrected chi connectivity index (χ2v) is 4.37. The summed E-state index contributed by atoms with van der Waals surface area (Å²) in [7, 11) is 0. The second-order valence-electron chi connectivity index (χ2n) is 4.37. The highest BCUT2D eigenvalue weighted by molar-refractivity contribution is 5.66. The maximum absolute atomic E-state index is 10.4. The fourth-order valence-electron chi connectivity index (χ4n) is 1.79. The number of unbranched alkanes of at least 4 members (excludes halogenated alkanes) is 1. The number of carboxylic acids is 1. The molecule has 0 spiro atoms. The van der Waals surface area contributed by atoms with Crippen molar-refractivity contribution in [2.45, 2.75) is 32.1 Å². The maximum Gasteiger partial charge on any atom is 0.303 e. The lowest BCUT2D eigenvalue weighted by Crippen LogP contribution is -1.95. The molecular weight excluding hydrogens is 244 g/mol. The van der Waals surface area contributed by atoms with Gasteiger partial charge in [-0.15, -0.1) is 0 Å². The number of rotatable bonds is 7. The van der Waals surface area contributed by atoms with Crippen molar-refractivity contribution in [2.75, 3.05) is 0 Å². The third kappa shape index (κ3) is 4.54. The number of carbonyl (C=O) groups is 1. The number of aliphatic carboxylic acids is 1. The lowest BCUT2D eigenvalue weighted by atomic mass is 10.1. The molecule has 0 aliphatic rings. The molecule has 19 heavy (non-hydrogen) atoms. The topological polar surface area (TPSA) is 76.2 Å². The molecule has 1 aromatic carbocycles. The Hall–Kier alpha value is -2.17. The first-order valence-electron chi connectivity index (χ1n) is 6.31. The molecule has 0 bridgehead atoms. The molecule has 0 fully saturated rings. The van der Waals surface area contributed by atoms with Gasteiger partial charge in [-0.2, -0.15) is 4.98 Å². The average Bonchev–Trinajstić information content (AvgIpc) is 2.83. The van der Waals surface area contributed by atoms with Gasteiger partial charge in [0.05, 0.1) is 0 Å². The Labute approximate surface area is 111 Å². The van der Waals surface area contributed by atoms with Gasteiger partial charge in [0.15, 0.2) is 5.82 Å². The van der Waals surface area contributed by atoms with E-state index in [9.17, 15) is 4.79 Å². The number of benzene rings is 1. The highest BCUT2D eigenvalue weighted by atomic mass is 16.5. The summed E-state index contributed by atoms with van der Waals surface area (Å²) < 4.78 is 5.14. The quantitative estimate of drug-likeness (QED) is 0.774. The van der Waals surface area contributed by atoms with E-state index >= 15 is 0 Å². The summed E-state index contributed by atoms with van der Waals surface area (Å²) in [4.78, 5) is 14.7. The predicted octanol–water partition coefficient (Wildman–Crippen LogP) is 2.46. The van der Waals surface area contributed by atoms with Crippen LogP contribution in [0.25, 0.3) is 0 Å². The summed E-state index contributed by atoms with van der Waals surface area (Å²) in [5.41, 5.74) is 1.14. The fourth-order valence-corrected chi connectivity index (χ4v) is 1.79. The molecule has 0 unspecified atom stereocenters. The summed E-state index contributed by atoms with van der Waals surface area (Å²) in [6, 6.07) is 9.95. The molecule has 0 atom stereocenters. The van der Waals surface area contributed by atoms with Gasteiger partial charge in [0.1, 0.15) is 0 Å². The molecule has 0 amide bonds. The lowest BCUT2D eigenvalue weighted by Gasteiger charge is -1.94. The molecule has 0 aliphatic heterocycles. The van der Waals surface area contributed by atoms with Crippen LogP contribution < -0.4 is 0 Å². The van der Waals surface area contributed by atoms with Crippen molar-refractivity contribution in [2.24, 2.45) is 0 Å². The van der Waals surface area contributed by atoms with Gasteiger partial charge >= 0.3 is 5.97 Å². The molecule has 100 valence electrons. The summed E-state index contributed by atoms with van der Waals surface area (Å²) in [6.45, 7) is 0. The Bertz CT molecular complexity index is 522. The monoisotopic (exact) mass is 260 g/mol. The normalized spacial score (nSPS) is 10.5. The van der Waals surface area contributed by atoms with E-state index < -0.39 is 5.97 Å². The molecule has 0 radical (unpaired) electrons. The zero-order chi connectivity index (χ0) is 13.5. The van der Waals surface area contributed by atoms with Gasteiger partial charge in [-0.25, -0.2) is 0 Å². The van der Waals surface area contributed by atoms with E-state index in [1.165, 1.54) is 0 Å². The Kier molecular flexibility index (Phi) is 4.66. The molecule has 5 nitrogen and oxygen atoms in total. The number of hydrogen-bond acceptors (Lipinski definition) is 4. The number of aromatic nitrogens is 2. The van der Waals surface area contributed by atoms with Crippen molar-refractivity contribution in [3.8, 4) is 0 Å². The van der Waals surface area contributed by atoms with E-state index in [2.05, 4.69) is 10.1 Å². The van der Waals surface area contributed by atoms with Crippen LogP contribution in [0.15, 0.2) is 34.9 Å². The minimum absolute atomic E-state index is 0.186. The van der Waals surface area contributed by atoms with Crippen LogP contribution >= 0.6 is 0 Å². The van der Waals surface area contributed by atoms with Gasteiger partial charge in [-0.3, -0.25) is 4.79 Å². The van der Waals surface area contributed by atoms with Crippen LogP contribution in [0, 0.1) is 0 Å². The Morgan fingerprint density at radius 2 is 2.00 bits per heavy atom. The molecule has 0 saturated carbocycles. The van der Waals surface area contributed by atoms with Crippen molar-refractivity contribution in [3.05, 3.63) is 47.6 Å². The SMILES string of the molecule is O=C(O)CCCCc1nc(Cc2ccccc2)no1. The van der Waals surface area contributed by atoms with Crippen LogP contribution in [0.2, 0.25) is 0 Å². The van der Waals surface area contributed by atoms with Gasteiger partial charge in [-0.1, -0.05) is 35.5 Å². The highest BCUT2D eigenvalue weighted by Gasteiger charge is 2.07. The second kappa shape index (κ2) is 6.68. The zero-order valence-corrected chi connectivity index (χ0v) is 10.6. The van der Waals surface area contributed by atoms with Gasteiger partial charge in [-0.05, 0) is 18.4 Å². The van der Waals surface area contributed by atoms with E-state index in [-0.39, 0.29) is 6.42 Å². The Morgan fingerprint density at radius 1 is 1.21 bits per heavy atom. The minimum Gasteiger partial charge on any atom is -0.481 e. The smallest absolute Gasteiger partial charge is 0.303 e. The van der Waals surface area contributed by atoms with E-state index in [4.69, 9.17) is 9.63 Å². The Balaban J connectivity index is 1.80. The van der Waals surface area contributed by atoms with Crippen molar-refractivity contribution >= 4 is 5.97 Å². The predicted molar refractivity (Wildman–Crippen MR) is 68.7 cm³/mol. The van der Waals surface area contributed by atoms with Crippen LogP contribution in [-0.2, 0) is 17.6 Å². The standard InChI is InChI=1S/C14H16N2O3/c17-14(18)9-5-4-8-13-15-12(16-19-13)10-11-6-2-1-3-7-11/h1-3,6-7H,4-5,8-10H2,(H,17,18). The molecule has 2 rings (SSSR count). The first-order valence-corrected chi connectivity index (χ1v) is 6.31. The Morgan fingerprint density at radius 3 is 2.74 bits per heavy atom. The van der Waals surface area contributed by atoms with Crippen LogP contribution in [0.1, 0.15) is 36.5 Å². The van der Waals surface area contributed by atoms with Crippen molar-refractivity contribution in [1.29, 1.82) is 0 Å². The molecule has 5 heteroatoms. The molecule has 1 heterocycles. The number of nitrogens with zero attached hydrogens (tertiary/aromatic N) is 2. The lowest BCUT2D eigenvalue weighted by molar-refractivity contribution is -0.137. The first-order chi connectivity index (χ1) is 9.24. The van der Waals surface area contributed by atoms with Crippen LogP contribution in [0.4, 0.5) is 0 Å². The summed E-state index contributed by atoms with van der Waals surface area (Å²) in [6.07, 6.45) is 2.85. The zero-order valence-electron chi connectivity index (χ0n) is 10.6. The van der Waals surface area contributed by atoms with E-state index in [0.29, 0.717) is 31.0 Å². The molecule has 2 aromatic rings. The number of hydrogen-bond donors (Lipinski definition) is 1. The summed E-state index contributed by atoms with van der Waals surface area (Å²) in [5.74, 6) is 0.478. The molecule has 0 aliphatic carbocycles. The van der Waals surface area contributed by atoms with Crippen molar-refractivity contribution in [3.63, 3.8) is 0 Å². The van der Waals surface area contributed by atoms with Crippen molar-refractivity contribution < 1.29 is 14.4 Å². The number of aryl methyl sites for hydroxylation is 1. The third-order valence-corrected chi connectivity index (χ3v) is 2.75. The van der Waals surface area contributed by atoms with Gasteiger partial charge in [0, 0.05) is 19.3 Å². The van der Waals surface area contributed by atoms with E-state index in [0.717, 1.165) is 12.0 Å². The third-order valence-electron chi connectivity index (χ3n) is 2.75.